The number of hydrogen-bond donors (Lipinski definition) is 2. The molecule has 0 bridgehead atoms. The third-order valence-corrected chi connectivity index (χ3v) is 8.81. The van der Waals surface area contributed by atoms with Crippen molar-refractivity contribution in [2.45, 2.75) is 57.2 Å². The van der Waals surface area contributed by atoms with Crippen molar-refractivity contribution in [2.24, 2.45) is 0 Å². The summed E-state index contributed by atoms with van der Waals surface area (Å²) in [6.45, 7) is 5.88. The molecule has 2 N–H and O–H groups in total. The molecule has 2 aromatic rings. The number of amides is 3. The summed E-state index contributed by atoms with van der Waals surface area (Å²) in [4.78, 5) is 40.2. The van der Waals surface area contributed by atoms with Crippen LogP contribution in [0.15, 0.2) is 54.6 Å². The van der Waals surface area contributed by atoms with Crippen molar-refractivity contribution in [3.8, 4) is 0 Å². The van der Waals surface area contributed by atoms with Crippen molar-refractivity contribution in [3.63, 3.8) is 0 Å². The number of likely N-dealkylation sites (tertiary alicyclic amines) is 1. The van der Waals surface area contributed by atoms with Gasteiger partial charge in [0.1, 0.15) is 11.6 Å². The number of anilines is 1. The number of sulfonamides is 1. The summed E-state index contributed by atoms with van der Waals surface area (Å²) < 4.78 is 32.4. The van der Waals surface area contributed by atoms with Gasteiger partial charge in [-0.15, -0.1) is 0 Å². The lowest BCUT2D eigenvalue weighted by molar-refractivity contribution is -0.141. The Hall–Kier alpha value is -3.44. The van der Waals surface area contributed by atoms with Crippen molar-refractivity contribution in [1.82, 2.24) is 15.5 Å². The second-order valence-electron chi connectivity index (χ2n) is 11.2. The van der Waals surface area contributed by atoms with Crippen LogP contribution >= 0.6 is 0 Å². The van der Waals surface area contributed by atoms with Crippen LogP contribution in [0.25, 0.3) is 0 Å². The van der Waals surface area contributed by atoms with E-state index in [1.54, 1.807) is 18.7 Å². The zero-order valence-corrected chi connectivity index (χ0v) is 24.3. The van der Waals surface area contributed by atoms with E-state index in [0.29, 0.717) is 38.2 Å². The Morgan fingerprint density at radius 1 is 1.02 bits per heavy atom. The van der Waals surface area contributed by atoms with Crippen LogP contribution < -0.4 is 14.9 Å². The molecule has 216 valence electrons. The predicted molar refractivity (Wildman–Crippen MR) is 152 cm³/mol. The Bertz CT molecular complexity index is 1350. The number of fused-ring (bicyclic) bond motifs is 2. The third kappa shape index (κ3) is 6.47. The largest absolute Gasteiger partial charge is 0.374 e. The highest BCUT2D eigenvalue weighted by Gasteiger charge is 2.48. The minimum atomic E-state index is -3.45. The van der Waals surface area contributed by atoms with Gasteiger partial charge in [-0.1, -0.05) is 48.5 Å². The van der Waals surface area contributed by atoms with Crippen molar-refractivity contribution in [3.05, 3.63) is 65.7 Å². The van der Waals surface area contributed by atoms with Gasteiger partial charge in [0, 0.05) is 32.0 Å². The Morgan fingerprint density at radius 2 is 1.65 bits per heavy atom. The predicted octanol–water partition coefficient (Wildman–Crippen LogP) is 1.94. The summed E-state index contributed by atoms with van der Waals surface area (Å²) in [6.07, 6.45) is 2.39. The van der Waals surface area contributed by atoms with E-state index in [9.17, 15) is 22.8 Å². The Morgan fingerprint density at radius 3 is 2.27 bits per heavy atom. The summed E-state index contributed by atoms with van der Waals surface area (Å²) >= 11 is 0. The van der Waals surface area contributed by atoms with Gasteiger partial charge in [0.15, 0.2) is 0 Å². The van der Waals surface area contributed by atoms with Gasteiger partial charge in [-0.25, -0.2) is 8.42 Å². The molecule has 4 rings (SSSR count). The summed E-state index contributed by atoms with van der Waals surface area (Å²) in [5.41, 5.74) is 1.02. The van der Waals surface area contributed by atoms with Gasteiger partial charge in [-0.3, -0.25) is 18.7 Å². The van der Waals surface area contributed by atoms with Crippen LogP contribution in [0.1, 0.15) is 44.7 Å². The lowest BCUT2D eigenvalue weighted by Gasteiger charge is -2.41. The van der Waals surface area contributed by atoms with E-state index >= 15 is 0 Å². The molecule has 1 atom stereocenters. The molecule has 1 saturated heterocycles. The maximum absolute atomic E-state index is 13.7. The van der Waals surface area contributed by atoms with Crippen LogP contribution in [0.5, 0.6) is 0 Å². The van der Waals surface area contributed by atoms with E-state index in [4.69, 9.17) is 4.74 Å². The highest BCUT2D eigenvalue weighted by Crippen LogP contribution is 2.47. The average molecular weight is 571 g/mol. The Kier molecular flexibility index (Phi) is 8.55. The number of carbonyl (C=O) groups is 3. The fourth-order valence-electron chi connectivity index (χ4n) is 5.56. The van der Waals surface area contributed by atoms with Crippen molar-refractivity contribution < 1.29 is 27.5 Å². The molecule has 2 aromatic carbocycles. The first kappa shape index (κ1) is 29.5. The molecule has 3 amide bonds. The molecule has 10 nitrogen and oxygen atoms in total. The van der Waals surface area contributed by atoms with Crippen LogP contribution in [0.3, 0.4) is 0 Å². The highest BCUT2D eigenvalue weighted by atomic mass is 32.2. The lowest BCUT2D eigenvalue weighted by Crippen LogP contribution is -2.61. The molecular formula is C29H38N4O6S. The monoisotopic (exact) mass is 570 g/mol. The summed E-state index contributed by atoms with van der Waals surface area (Å²) in [5.74, 6) is -1.13. The molecule has 0 unspecified atom stereocenters. The standard InChI is InChI=1S/C29H38N4O6S/c1-21(34)31-28(2,3)27(36)30-24(19-39-18-22-10-6-5-7-11-22)26(35)32-16-14-29(15-17-32)20-33(40(4,37)38)25-13-9-8-12-23(25)29/h5-13,24H,14-20H2,1-4H3,(H,30,36)(H,31,34)/t24-/m1/s1. The number of rotatable bonds is 9. The summed E-state index contributed by atoms with van der Waals surface area (Å²) in [7, 11) is -3.45. The highest BCUT2D eigenvalue weighted by molar-refractivity contribution is 7.92. The molecule has 1 fully saturated rings. The fourth-order valence-corrected chi connectivity index (χ4v) is 6.56. The smallest absolute Gasteiger partial charge is 0.247 e. The van der Waals surface area contributed by atoms with Crippen molar-refractivity contribution in [2.75, 3.05) is 36.8 Å². The van der Waals surface area contributed by atoms with Crippen LogP contribution in [0.2, 0.25) is 0 Å². The lowest BCUT2D eigenvalue weighted by atomic mass is 9.74. The van der Waals surface area contributed by atoms with E-state index in [1.807, 2.05) is 54.6 Å². The SMILES string of the molecule is CC(=O)NC(C)(C)C(=O)N[C@H](COCc1ccccc1)C(=O)N1CCC2(CC1)CN(S(C)(=O)=O)c1ccccc12. The maximum Gasteiger partial charge on any atom is 0.247 e. The molecule has 0 aromatic heterocycles. The molecule has 1 spiro atoms. The van der Waals surface area contributed by atoms with Gasteiger partial charge in [-0.05, 0) is 43.9 Å². The summed E-state index contributed by atoms with van der Waals surface area (Å²) in [5, 5.41) is 5.41. The Labute approximate surface area is 236 Å². The van der Waals surface area contributed by atoms with Gasteiger partial charge in [-0.2, -0.15) is 0 Å². The van der Waals surface area contributed by atoms with Gasteiger partial charge < -0.3 is 20.3 Å². The summed E-state index contributed by atoms with van der Waals surface area (Å²) in [6, 6.07) is 16.1. The minimum Gasteiger partial charge on any atom is -0.374 e. The molecule has 0 radical (unpaired) electrons. The average Bonchev–Trinajstić information content (AvgIpc) is 3.22. The van der Waals surface area contributed by atoms with Crippen LogP contribution in [-0.4, -0.2) is 75.1 Å². The van der Waals surface area contributed by atoms with Gasteiger partial charge in [0.25, 0.3) is 0 Å². The molecule has 2 heterocycles. The zero-order valence-electron chi connectivity index (χ0n) is 23.5. The first-order valence-corrected chi connectivity index (χ1v) is 15.2. The number of benzene rings is 2. The second-order valence-corrected chi connectivity index (χ2v) is 13.1. The zero-order chi connectivity index (χ0) is 29.1. The first-order chi connectivity index (χ1) is 18.8. The number of para-hydroxylation sites is 1. The van der Waals surface area contributed by atoms with Crippen LogP contribution in [0, 0.1) is 0 Å². The van der Waals surface area contributed by atoms with Gasteiger partial charge in [0.2, 0.25) is 27.7 Å². The van der Waals surface area contributed by atoms with Crippen molar-refractivity contribution >= 4 is 33.4 Å². The van der Waals surface area contributed by atoms with E-state index in [-0.39, 0.29) is 30.4 Å². The Balaban J connectivity index is 1.48. The number of piperidine rings is 1. The van der Waals surface area contributed by atoms with Gasteiger partial charge in [0.05, 0.1) is 25.2 Å². The molecule has 0 saturated carbocycles. The van der Waals surface area contributed by atoms with Crippen molar-refractivity contribution in [1.29, 1.82) is 0 Å². The number of ether oxygens (including phenoxy) is 1. The van der Waals surface area contributed by atoms with Crippen LogP contribution in [-0.2, 0) is 41.2 Å². The van der Waals surface area contributed by atoms with E-state index in [1.165, 1.54) is 17.5 Å². The number of hydrogen-bond acceptors (Lipinski definition) is 6. The second kappa shape index (κ2) is 11.6. The number of carbonyl (C=O) groups excluding carboxylic acids is 3. The molecule has 40 heavy (non-hydrogen) atoms. The fraction of sp³-hybridized carbons (Fsp3) is 0.483. The van der Waals surface area contributed by atoms with E-state index in [0.717, 1.165) is 11.1 Å². The normalized spacial score (nSPS) is 17.3. The number of nitrogens with zero attached hydrogens (tertiary/aromatic N) is 2. The first-order valence-electron chi connectivity index (χ1n) is 13.4. The molecule has 2 aliphatic rings. The molecule has 11 heteroatoms. The number of nitrogens with one attached hydrogen (secondary N) is 2. The van der Waals surface area contributed by atoms with Crippen LogP contribution in [0.4, 0.5) is 5.69 Å². The van der Waals surface area contributed by atoms with Gasteiger partial charge >= 0.3 is 0 Å². The van der Waals surface area contributed by atoms with E-state index in [2.05, 4.69) is 10.6 Å². The molecule has 0 aliphatic carbocycles. The quantitative estimate of drug-likeness (QED) is 0.475. The minimum absolute atomic E-state index is 0.0397. The third-order valence-electron chi connectivity index (χ3n) is 7.68. The van der Waals surface area contributed by atoms with E-state index < -0.39 is 27.5 Å². The molecule has 2 aliphatic heterocycles. The maximum atomic E-state index is 13.7. The topological polar surface area (TPSA) is 125 Å². The molecular weight excluding hydrogens is 532 g/mol.